The zero-order valence-corrected chi connectivity index (χ0v) is 6.10. The van der Waals surface area contributed by atoms with Crippen LogP contribution in [0.15, 0.2) is 23.5 Å². The molecule has 0 aliphatic carbocycles. The SMILES string of the molecule is CC1=C[N-][NH+](C)C(C)=C1. The molecule has 1 heterocycles. The lowest BCUT2D eigenvalue weighted by Crippen LogP contribution is -3.02. The second kappa shape index (κ2) is 2.23. The zero-order valence-electron chi connectivity index (χ0n) is 6.10. The summed E-state index contributed by atoms with van der Waals surface area (Å²) in [6, 6.07) is 0. The van der Waals surface area contributed by atoms with Gasteiger partial charge in [0.25, 0.3) is 0 Å². The quantitative estimate of drug-likeness (QED) is 0.488. The molecule has 1 unspecified atom stereocenters. The summed E-state index contributed by atoms with van der Waals surface area (Å²) in [6.45, 7) is 4.13. The molecule has 0 aromatic heterocycles. The van der Waals surface area contributed by atoms with E-state index in [1.54, 1.807) is 0 Å². The summed E-state index contributed by atoms with van der Waals surface area (Å²) < 4.78 is 0. The van der Waals surface area contributed by atoms with Gasteiger partial charge in [0, 0.05) is 6.92 Å². The summed E-state index contributed by atoms with van der Waals surface area (Å²) in [4.78, 5) is 0. The summed E-state index contributed by atoms with van der Waals surface area (Å²) in [5.74, 6) is 0. The van der Waals surface area contributed by atoms with E-state index >= 15 is 0 Å². The third kappa shape index (κ3) is 1.33. The molecular weight excluding hydrogens is 112 g/mol. The monoisotopic (exact) mass is 124 g/mol. The fraction of sp³-hybridized carbons (Fsp3) is 0.429. The maximum absolute atomic E-state index is 4.18. The normalized spacial score (nSPS) is 26.3. The number of hydrogen-bond acceptors (Lipinski definition) is 0. The molecule has 1 aliphatic heterocycles. The number of nitrogens with zero attached hydrogens (tertiary/aromatic N) is 1. The average molecular weight is 124 g/mol. The molecule has 1 N–H and O–H groups in total. The zero-order chi connectivity index (χ0) is 6.85. The van der Waals surface area contributed by atoms with Crippen molar-refractivity contribution in [1.82, 2.24) is 0 Å². The molecule has 50 valence electrons. The van der Waals surface area contributed by atoms with Crippen LogP contribution in [0.5, 0.6) is 0 Å². The summed E-state index contributed by atoms with van der Waals surface area (Å²) >= 11 is 0. The second-order valence-corrected chi connectivity index (χ2v) is 2.41. The van der Waals surface area contributed by atoms with Crippen LogP contribution in [0.2, 0.25) is 0 Å². The molecule has 2 nitrogen and oxygen atoms in total. The van der Waals surface area contributed by atoms with Gasteiger partial charge in [0.05, 0.1) is 12.7 Å². The molecule has 0 amide bonds. The van der Waals surface area contributed by atoms with Gasteiger partial charge in [0.1, 0.15) is 0 Å². The van der Waals surface area contributed by atoms with Gasteiger partial charge in [-0.15, -0.1) is 6.20 Å². The van der Waals surface area contributed by atoms with E-state index in [4.69, 9.17) is 0 Å². The van der Waals surface area contributed by atoms with Gasteiger partial charge in [-0.25, -0.2) is 0 Å². The Bertz CT molecular complexity index is 168. The minimum absolute atomic E-state index is 1.13. The first-order valence-corrected chi connectivity index (χ1v) is 3.10. The lowest BCUT2D eigenvalue weighted by Gasteiger charge is -2.29. The number of nitrogens with one attached hydrogen (secondary N) is 1. The van der Waals surface area contributed by atoms with Crippen LogP contribution in [0.25, 0.3) is 5.43 Å². The third-order valence-electron chi connectivity index (χ3n) is 1.48. The molecule has 9 heavy (non-hydrogen) atoms. The molecule has 0 aromatic rings. The highest BCUT2D eigenvalue weighted by Crippen LogP contribution is 2.02. The average Bonchev–Trinajstić information content (AvgIpc) is 1.80. The standard InChI is InChI=1S/C7H12N2/c1-6-4-7(2)9(3)8-5-6/h4-5,9H,1-3H3. The molecule has 1 rings (SSSR count). The summed E-state index contributed by atoms with van der Waals surface area (Å²) in [6.07, 6.45) is 4.03. The van der Waals surface area contributed by atoms with Gasteiger partial charge in [0.15, 0.2) is 0 Å². The molecular formula is C7H12N2. The van der Waals surface area contributed by atoms with Crippen molar-refractivity contribution in [3.8, 4) is 0 Å². The van der Waals surface area contributed by atoms with Gasteiger partial charge in [-0.3, -0.25) is 0 Å². The van der Waals surface area contributed by atoms with Crippen LogP contribution in [0.1, 0.15) is 13.8 Å². The van der Waals surface area contributed by atoms with Crippen LogP contribution in [0, 0.1) is 0 Å². The van der Waals surface area contributed by atoms with Crippen molar-refractivity contribution in [2.24, 2.45) is 0 Å². The fourth-order valence-corrected chi connectivity index (χ4v) is 0.784. The molecule has 0 bridgehead atoms. The van der Waals surface area contributed by atoms with Crippen LogP contribution in [0.4, 0.5) is 0 Å². The van der Waals surface area contributed by atoms with Crippen molar-refractivity contribution < 1.29 is 5.01 Å². The minimum atomic E-state index is 1.13. The van der Waals surface area contributed by atoms with Gasteiger partial charge in [-0.05, 0) is 13.0 Å². The van der Waals surface area contributed by atoms with Crippen molar-refractivity contribution in [1.29, 1.82) is 0 Å². The van der Waals surface area contributed by atoms with Crippen molar-refractivity contribution in [2.45, 2.75) is 13.8 Å². The van der Waals surface area contributed by atoms with E-state index in [2.05, 4.69) is 25.3 Å². The Morgan fingerprint density at radius 3 is 2.56 bits per heavy atom. The van der Waals surface area contributed by atoms with Crippen LogP contribution < -0.4 is 5.01 Å². The Balaban J connectivity index is 2.74. The number of rotatable bonds is 0. The smallest absolute Gasteiger partial charge is 0.0990 e. The van der Waals surface area contributed by atoms with Gasteiger partial charge >= 0.3 is 0 Å². The van der Waals surface area contributed by atoms with E-state index in [1.807, 2.05) is 13.2 Å². The van der Waals surface area contributed by atoms with Crippen LogP contribution >= 0.6 is 0 Å². The Labute approximate surface area is 55.8 Å². The maximum atomic E-state index is 4.18. The highest BCUT2D eigenvalue weighted by molar-refractivity contribution is 5.23. The molecule has 1 aliphatic rings. The van der Waals surface area contributed by atoms with Gasteiger partial charge < -0.3 is 10.4 Å². The molecule has 1 atom stereocenters. The molecule has 0 radical (unpaired) electrons. The molecule has 0 fully saturated rings. The highest BCUT2D eigenvalue weighted by atomic mass is 15.5. The number of hydrogen-bond donors (Lipinski definition) is 1. The van der Waals surface area contributed by atoms with Crippen LogP contribution in [0.3, 0.4) is 0 Å². The predicted octanol–water partition coefficient (Wildman–Crippen LogP) is 0.611. The third-order valence-corrected chi connectivity index (χ3v) is 1.48. The van der Waals surface area contributed by atoms with Crippen molar-refractivity contribution >= 4 is 0 Å². The topological polar surface area (TPSA) is 18.5 Å². The minimum Gasteiger partial charge on any atom is -0.490 e. The van der Waals surface area contributed by atoms with Crippen molar-refractivity contribution in [3.63, 3.8) is 0 Å². The summed E-state index contributed by atoms with van der Waals surface area (Å²) in [5.41, 5.74) is 6.69. The summed E-state index contributed by atoms with van der Waals surface area (Å²) in [7, 11) is 2.02. The molecule has 0 aromatic carbocycles. The first kappa shape index (κ1) is 6.36. The molecule has 0 spiro atoms. The van der Waals surface area contributed by atoms with E-state index in [0.29, 0.717) is 0 Å². The Hall–Kier alpha value is -0.760. The first-order valence-electron chi connectivity index (χ1n) is 3.10. The number of quaternary nitrogens is 1. The molecule has 0 saturated carbocycles. The fourth-order valence-electron chi connectivity index (χ4n) is 0.784. The summed E-state index contributed by atoms with van der Waals surface area (Å²) in [5, 5.41) is 1.13. The lowest BCUT2D eigenvalue weighted by atomic mass is 10.2. The maximum Gasteiger partial charge on any atom is 0.0990 e. The Morgan fingerprint density at radius 1 is 1.44 bits per heavy atom. The van der Waals surface area contributed by atoms with E-state index < -0.39 is 0 Å². The van der Waals surface area contributed by atoms with Gasteiger partial charge in [-0.1, -0.05) is 5.57 Å². The second-order valence-electron chi connectivity index (χ2n) is 2.41. The van der Waals surface area contributed by atoms with Crippen molar-refractivity contribution in [3.05, 3.63) is 29.0 Å². The first-order chi connectivity index (χ1) is 4.20. The van der Waals surface area contributed by atoms with E-state index in [1.165, 1.54) is 11.3 Å². The number of allylic oxidation sites excluding steroid dienone is 3. The largest absolute Gasteiger partial charge is 0.490 e. The Morgan fingerprint density at radius 2 is 2.11 bits per heavy atom. The van der Waals surface area contributed by atoms with E-state index in [9.17, 15) is 0 Å². The molecule has 0 saturated heterocycles. The van der Waals surface area contributed by atoms with Crippen LogP contribution in [-0.2, 0) is 0 Å². The van der Waals surface area contributed by atoms with Gasteiger partial charge in [-0.2, -0.15) is 0 Å². The van der Waals surface area contributed by atoms with Gasteiger partial charge in [0.2, 0.25) is 0 Å². The van der Waals surface area contributed by atoms with E-state index in [-0.39, 0.29) is 0 Å². The lowest BCUT2D eigenvalue weighted by molar-refractivity contribution is -0.795. The van der Waals surface area contributed by atoms with E-state index in [0.717, 1.165) is 5.01 Å². The van der Waals surface area contributed by atoms with Crippen LogP contribution in [-0.4, -0.2) is 7.05 Å². The Kier molecular flexibility index (Phi) is 1.58. The predicted molar refractivity (Wildman–Crippen MR) is 37.8 cm³/mol. The highest BCUT2D eigenvalue weighted by Gasteiger charge is 1.98. The van der Waals surface area contributed by atoms with Crippen molar-refractivity contribution in [2.75, 3.05) is 7.05 Å². The molecule has 2 heteroatoms.